The molecule has 0 unspecified atom stereocenters. The van der Waals surface area contributed by atoms with Gasteiger partial charge >= 0.3 is 6.09 Å². The summed E-state index contributed by atoms with van der Waals surface area (Å²) in [4.78, 5) is 26.5. The molecule has 3 aromatic rings. The van der Waals surface area contributed by atoms with Crippen molar-refractivity contribution >= 4 is 39.6 Å². The number of nitrogens with one attached hydrogen (secondary N) is 1. The topological polar surface area (TPSA) is 92.0 Å². The Balaban J connectivity index is 1.53. The second kappa shape index (κ2) is 7.75. The molecule has 152 valence electrons. The number of ether oxygens (including phenoxy) is 1. The number of carbonyl (C=O) groups is 2. The third-order valence-electron chi connectivity index (χ3n) is 5.00. The lowest BCUT2D eigenvalue weighted by Gasteiger charge is -2.23. The van der Waals surface area contributed by atoms with Crippen LogP contribution in [-0.2, 0) is 9.53 Å². The van der Waals surface area contributed by atoms with E-state index in [1.54, 1.807) is 6.07 Å². The number of aliphatic hydroxyl groups is 1. The van der Waals surface area contributed by atoms with Crippen LogP contribution in [-0.4, -0.2) is 47.3 Å². The molecule has 2 amide bonds. The van der Waals surface area contributed by atoms with E-state index in [-0.39, 0.29) is 31.4 Å². The number of furan rings is 1. The fraction of sp³-hybridized carbons (Fsp3) is 0.364. The van der Waals surface area contributed by atoms with Gasteiger partial charge in [0.1, 0.15) is 17.2 Å². The number of aliphatic hydroxyl groups excluding tert-OH is 1. The first-order chi connectivity index (χ1) is 13.9. The van der Waals surface area contributed by atoms with Crippen LogP contribution in [0.1, 0.15) is 20.3 Å². The maximum Gasteiger partial charge on any atom is 0.410 e. The predicted molar refractivity (Wildman–Crippen MR) is 110 cm³/mol. The first-order valence-corrected chi connectivity index (χ1v) is 9.76. The van der Waals surface area contributed by atoms with E-state index in [0.717, 1.165) is 21.9 Å². The quantitative estimate of drug-likeness (QED) is 0.701. The molecule has 7 nitrogen and oxygen atoms in total. The standard InChI is InChI=1S/C22H24N2O5/c1-13(2)12-28-22(27)24-11-15(25)10-18(24)21(26)23-14-7-8-20-17(9-14)16-5-3-4-6-19(16)29-20/h3-9,13,15,18,25H,10-12H2,1-2H3,(H,23,26)/t15-,18-/m0/s1. The van der Waals surface area contributed by atoms with E-state index in [9.17, 15) is 14.7 Å². The van der Waals surface area contributed by atoms with E-state index < -0.39 is 18.2 Å². The largest absolute Gasteiger partial charge is 0.456 e. The summed E-state index contributed by atoms with van der Waals surface area (Å²) in [7, 11) is 0. The zero-order valence-corrected chi connectivity index (χ0v) is 16.4. The van der Waals surface area contributed by atoms with Crippen LogP contribution in [0.3, 0.4) is 0 Å². The maximum atomic E-state index is 12.9. The third kappa shape index (κ3) is 3.91. The van der Waals surface area contributed by atoms with Crippen LogP contribution < -0.4 is 5.32 Å². The van der Waals surface area contributed by atoms with Crippen molar-refractivity contribution in [2.75, 3.05) is 18.5 Å². The van der Waals surface area contributed by atoms with Crippen molar-refractivity contribution in [1.82, 2.24) is 4.90 Å². The Morgan fingerprint density at radius 1 is 1.21 bits per heavy atom. The van der Waals surface area contributed by atoms with E-state index in [1.807, 2.05) is 50.2 Å². The molecule has 0 radical (unpaired) electrons. The van der Waals surface area contributed by atoms with Crippen molar-refractivity contribution in [3.05, 3.63) is 42.5 Å². The maximum absolute atomic E-state index is 12.9. The van der Waals surface area contributed by atoms with Crippen LogP contribution >= 0.6 is 0 Å². The van der Waals surface area contributed by atoms with Crippen LogP contribution in [0.25, 0.3) is 21.9 Å². The molecule has 0 bridgehead atoms. The summed E-state index contributed by atoms with van der Waals surface area (Å²) in [6.45, 7) is 4.22. The molecule has 29 heavy (non-hydrogen) atoms. The van der Waals surface area contributed by atoms with Crippen molar-refractivity contribution in [2.24, 2.45) is 5.92 Å². The Kier molecular flexibility index (Phi) is 5.15. The van der Waals surface area contributed by atoms with Crippen LogP contribution in [0.4, 0.5) is 10.5 Å². The van der Waals surface area contributed by atoms with Gasteiger partial charge in [0.2, 0.25) is 5.91 Å². The van der Waals surface area contributed by atoms with Gasteiger partial charge in [-0.1, -0.05) is 32.0 Å². The van der Waals surface area contributed by atoms with Crippen molar-refractivity contribution < 1.29 is 23.8 Å². The van der Waals surface area contributed by atoms with Gasteiger partial charge in [-0.05, 0) is 30.2 Å². The molecule has 0 aliphatic carbocycles. The molecule has 1 fully saturated rings. The number of β-amino-alcohol motifs (C(OH)–C–C–N with tert-alkyl or cyclic N) is 1. The second-order valence-corrected chi connectivity index (χ2v) is 7.83. The summed E-state index contributed by atoms with van der Waals surface area (Å²) in [5, 5.41) is 14.7. The number of amides is 2. The Morgan fingerprint density at radius 3 is 2.76 bits per heavy atom. The zero-order valence-electron chi connectivity index (χ0n) is 16.4. The molecule has 2 N–H and O–H groups in total. The van der Waals surface area contributed by atoms with E-state index in [1.165, 1.54) is 4.90 Å². The van der Waals surface area contributed by atoms with Crippen LogP contribution in [0.2, 0.25) is 0 Å². The van der Waals surface area contributed by atoms with Crippen molar-refractivity contribution in [1.29, 1.82) is 0 Å². The highest BCUT2D eigenvalue weighted by atomic mass is 16.6. The summed E-state index contributed by atoms with van der Waals surface area (Å²) in [6.07, 6.45) is -1.15. The van der Waals surface area contributed by atoms with E-state index in [0.29, 0.717) is 5.69 Å². The minimum Gasteiger partial charge on any atom is -0.456 e. The van der Waals surface area contributed by atoms with Gasteiger partial charge < -0.3 is 19.6 Å². The summed E-state index contributed by atoms with van der Waals surface area (Å²) in [5.74, 6) is -0.162. The van der Waals surface area contributed by atoms with Gasteiger partial charge in [0, 0.05) is 22.9 Å². The summed E-state index contributed by atoms with van der Waals surface area (Å²) < 4.78 is 11.1. The molecule has 0 spiro atoms. The highest BCUT2D eigenvalue weighted by Crippen LogP contribution is 2.31. The Labute approximate surface area is 168 Å². The molecule has 1 aliphatic rings. The lowest BCUT2D eigenvalue weighted by Crippen LogP contribution is -2.43. The number of rotatable bonds is 4. The molecular formula is C22H24N2O5. The van der Waals surface area contributed by atoms with Gasteiger partial charge in [0.25, 0.3) is 0 Å². The Hall–Kier alpha value is -3.06. The van der Waals surface area contributed by atoms with Crippen molar-refractivity contribution in [2.45, 2.75) is 32.4 Å². The average molecular weight is 396 g/mol. The molecular weight excluding hydrogens is 372 g/mol. The SMILES string of the molecule is CC(C)COC(=O)N1C[C@@H](O)C[C@H]1C(=O)Nc1ccc2oc3ccccc3c2c1. The molecule has 1 aliphatic heterocycles. The molecule has 7 heteroatoms. The lowest BCUT2D eigenvalue weighted by atomic mass is 10.1. The predicted octanol–water partition coefficient (Wildman–Crippen LogP) is 3.75. The Bertz CT molecular complexity index is 1060. The number of nitrogens with zero attached hydrogens (tertiary/aromatic N) is 1. The van der Waals surface area contributed by atoms with Gasteiger partial charge in [0.05, 0.1) is 19.3 Å². The molecule has 2 aromatic carbocycles. The van der Waals surface area contributed by atoms with Gasteiger partial charge in [-0.3, -0.25) is 9.69 Å². The number of para-hydroxylation sites is 1. The lowest BCUT2D eigenvalue weighted by molar-refractivity contribution is -0.120. The first kappa shape index (κ1) is 19.3. The van der Waals surface area contributed by atoms with Gasteiger partial charge in [-0.15, -0.1) is 0 Å². The molecule has 2 heterocycles. The number of hydrogen-bond acceptors (Lipinski definition) is 5. The highest BCUT2D eigenvalue weighted by Gasteiger charge is 2.40. The van der Waals surface area contributed by atoms with Crippen LogP contribution in [0, 0.1) is 5.92 Å². The third-order valence-corrected chi connectivity index (χ3v) is 5.00. The molecule has 0 saturated carbocycles. The summed E-state index contributed by atoms with van der Waals surface area (Å²) >= 11 is 0. The Morgan fingerprint density at radius 2 is 1.97 bits per heavy atom. The van der Waals surface area contributed by atoms with E-state index in [4.69, 9.17) is 9.15 Å². The number of hydrogen-bond donors (Lipinski definition) is 2. The van der Waals surface area contributed by atoms with Crippen LogP contribution in [0.5, 0.6) is 0 Å². The zero-order chi connectivity index (χ0) is 20.5. The fourth-order valence-electron chi connectivity index (χ4n) is 3.61. The molecule has 2 atom stereocenters. The average Bonchev–Trinajstić information content (AvgIpc) is 3.26. The monoisotopic (exact) mass is 396 g/mol. The number of anilines is 1. The molecule has 4 rings (SSSR count). The van der Waals surface area contributed by atoms with Gasteiger partial charge in [-0.25, -0.2) is 4.79 Å². The summed E-state index contributed by atoms with van der Waals surface area (Å²) in [5.41, 5.74) is 2.12. The minimum atomic E-state index is -0.776. The smallest absolute Gasteiger partial charge is 0.410 e. The normalized spacial score (nSPS) is 19.2. The number of benzene rings is 2. The molecule has 1 saturated heterocycles. The number of fused-ring (bicyclic) bond motifs is 3. The van der Waals surface area contributed by atoms with Gasteiger partial charge in [-0.2, -0.15) is 0 Å². The van der Waals surface area contributed by atoms with Gasteiger partial charge in [0.15, 0.2) is 0 Å². The fourth-order valence-corrected chi connectivity index (χ4v) is 3.61. The minimum absolute atomic E-state index is 0.0837. The number of likely N-dealkylation sites (tertiary alicyclic amines) is 1. The van der Waals surface area contributed by atoms with Crippen molar-refractivity contribution in [3.8, 4) is 0 Å². The first-order valence-electron chi connectivity index (χ1n) is 9.76. The van der Waals surface area contributed by atoms with E-state index >= 15 is 0 Å². The molecule has 1 aromatic heterocycles. The van der Waals surface area contributed by atoms with Crippen LogP contribution in [0.15, 0.2) is 46.9 Å². The second-order valence-electron chi connectivity index (χ2n) is 7.83. The van der Waals surface area contributed by atoms with E-state index in [2.05, 4.69) is 5.32 Å². The van der Waals surface area contributed by atoms with Crippen molar-refractivity contribution in [3.63, 3.8) is 0 Å². The summed E-state index contributed by atoms with van der Waals surface area (Å²) in [6, 6.07) is 12.3. The highest BCUT2D eigenvalue weighted by molar-refractivity contribution is 6.07. The number of carbonyl (C=O) groups excluding carboxylic acids is 2.